The second kappa shape index (κ2) is 7.43. The van der Waals surface area contributed by atoms with Crippen molar-refractivity contribution in [3.8, 4) is 5.75 Å². The third-order valence-electron chi connectivity index (χ3n) is 3.11. The standard InChI is InChI=1S/C16H19BrN2O/c1-20-16-6-5-15(17)8-14(16)11-19-10-13-4-2-3-12(7-13)9-18/h2-8,19H,9-11,18H2,1H3. The van der Waals surface area contributed by atoms with E-state index in [1.54, 1.807) is 7.11 Å². The van der Waals surface area contributed by atoms with Gasteiger partial charge in [-0.25, -0.2) is 0 Å². The average Bonchev–Trinajstić information content (AvgIpc) is 2.48. The number of nitrogens with one attached hydrogen (secondary N) is 1. The van der Waals surface area contributed by atoms with Crippen molar-refractivity contribution >= 4 is 15.9 Å². The minimum absolute atomic E-state index is 0.577. The van der Waals surface area contributed by atoms with Crippen LogP contribution in [0, 0.1) is 0 Å². The van der Waals surface area contributed by atoms with Crippen LogP contribution >= 0.6 is 15.9 Å². The summed E-state index contributed by atoms with van der Waals surface area (Å²) in [6, 6.07) is 14.3. The summed E-state index contributed by atoms with van der Waals surface area (Å²) >= 11 is 3.48. The monoisotopic (exact) mass is 334 g/mol. The highest BCUT2D eigenvalue weighted by Gasteiger charge is 2.03. The molecule has 20 heavy (non-hydrogen) atoms. The molecular weight excluding hydrogens is 316 g/mol. The van der Waals surface area contributed by atoms with E-state index in [9.17, 15) is 0 Å². The highest BCUT2D eigenvalue weighted by Crippen LogP contribution is 2.22. The Kier molecular flexibility index (Phi) is 5.59. The molecule has 0 radical (unpaired) electrons. The van der Waals surface area contributed by atoms with Gasteiger partial charge in [0.1, 0.15) is 5.75 Å². The van der Waals surface area contributed by atoms with Crippen LogP contribution in [0.25, 0.3) is 0 Å². The number of methoxy groups -OCH3 is 1. The normalized spacial score (nSPS) is 10.6. The van der Waals surface area contributed by atoms with Gasteiger partial charge in [0.05, 0.1) is 7.11 Å². The molecule has 0 aliphatic carbocycles. The SMILES string of the molecule is COc1ccc(Br)cc1CNCc1cccc(CN)c1. The molecule has 0 saturated carbocycles. The third-order valence-corrected chi connectivity index (χ3v) is 3.61. The van der Waals surface area contributed by atoms with Gasteiger partial charge in [0.25, 0.3) is 0 Å². The van der Waals surface area contributed by atoms with Crippen molar-refractivity contribution in [3.63, 3.8) is 0 Å². The predicted molar refractivity (Wildman–Crippen MR) is 85.6 cm³/mol. The van der Waals surface area contributed by atoms with Gasteiger partial charge in [0, 0.05) is 29.7 Å². The van der Waals surface area contributed by atoms with Crippen molar-refractivity contribution < 1.29 is 4.74 Å². The van der Waals surface area contributed by atoms with Crippen LogP contribution in [0.15, 0.2) is 46.9 Å². The highest BCUT2D eigenvalue weighted by molar-refractivity contribution is 9.10. The van der Waals surface area contributed by atoms with Gasteiger partial charge in [-0.1, -0.05) is 40.2 Å². The number of hydrogen-bond acceptors (Lipinski definition) is 3. The van der Waals surface area contributed by atoms with E-state index in [4.69, 9.17) is 10.5 Å². The Morgan fingerprint density at radius 1 is 1.10 bits per heavy atom. The molecule has 0 heterocycles. The molecule has 3 nitrogen and oxygen atoms in total. The Hall–Kier alpha value is -1.36. The van der Waals surface area contributed by atoms with Crippen molar-refractivity contribution in [2.24, 2.45) is 5.73 Å². The smallest absolute Gasteiger partial charge is 0.123 e. The van der Waals surface area contributed by atoms with Crippen LogP contribution in [0.3, 0.4) is 0 Å². The predicted octanol–water partition coefficient (Wildman–Crippen LogP) is 3.21. The first-order valence-corrected chi connectivity index (χ1v) is 7.33. The fourth-order valence-corrected chi connectivity index (χ4v) is 2.50. The van der Waals surface area contributed by atoms with E-state index in [1.165, 1.54) is 5.56 Å². The molecule has 0 fully saturated rings. The van der Waals surface area contributed by atoms with E-state index in [2.05, 4.69) is 39.4 Å². The van der Waals surface area contributed by atoms with Crippen molar-refractivity contribution in [1.29, 1.82) is 0 Å². The summed E-state index contributed by atoms with van der Waals surface area (Å²) in [4.78, 5) is 0. The van der Waals surface area contributed by atoms with Crippen molar-refractivity contribution in [3.05, 3.63) is 63.6 Å². The molecule has 0 aliphatic rings. The van der Waals surface area contributed by atoms with Gasteiger partial charge in [-0.3, -0.25) is 0 Å². The Bertz CT molecular complexity index is 572. The Morgan fingerprint density at radius 2 is 1.90 bits per heavy atom. The summed E-state index contributed by atoms with van der Waals surface area (Å²) in [6.07, 6.45) is 0. The van der Waals surface area contributed by atoms with Crippen LogP contribution in [0.1, 0.15) is 16.7 Å². The van der Waals surface area contributed by atoms with E-state index in [1.807, 2.05) is 24.3 Å². The Labute approximate surface area is 128 Å². The third kappa shape index (κ3) is 4.07. The van der Waals surface area contributed by atoms with Gasteiger partial charge in [-0.15, -0.1) is 0 Å². The van der Waals surface area contributed by atoms with Gasteiger partial charge in [0.2, 0.25) is 0 Å². The van der Waals surface area contributed by atoms with Gasteiger partial charge in [-0.2, -0.15) is 0 Å². The zero-order chi connectivity index (χ0) is 14.4. The summed E-state index contributed by atoms with van der Waals surface area (Å²) < 4.78 is 6.42. The molecule has 0 spiro atoms. The maximum absolute atomic E-state index is 5.65. The Morgan fingerprint density at radius 3 is 2.65 bits per heavy atom. The molecule has 4 heteroatoms. The zero-order valence-electron chi connectivity index (χ0n) is 11.5. The summed E-state index contributed by atoms with van der Waals surface area (Å²) in [7, 11) is 1.69. The van der Waals surface area contributed by atoms with Crippen LogP contribution in [0.4, 0.5) is 0 Å². The molecule has 0 atom stereocenters. The molecule has 0 aromatic heterocycles. The van der Waals surface area contributed by atoms with Gasteiger partial charge >= 0.3 is 0 Å². The fraction of sp³-hybridized carbons (Fsp3) is 0.250. The lowest BCUT2D eigenvalue weighted by molar-refractivity contribution is 0.407. The number of ether oxygens (including phenoxy) is 1. The fourth-order valence-electron chi connectivity index (χ4n) is 2.09. The van der Waals surface area contributed by atoms with Crippen molar-refractivity contribution in [1.82, 2.24) is 5.32 Å². The average molecular weight is 335 g/mol. The molecule has 0 bridgehead atoms. The summed E-state index contributed by atoms with van der Waals surface area (Å²) in [5.41, 5.74) is 9.18. The van der Waals surface area contributed by atoms with Crippen LogP contribution in [-0.2, 0) is 19.6 Å². The Balaban J connectivity index is 1.97. The first kappa shape index (κ1) is 15.0. The van der Waals surface area contributed by atoms with Gasteiger partial charge in [-0.05, 0) is 29.3 Å². The number of halogens is 1. The summed E-state index contributed by atoms with van der Waals surface area (Å²) in [5, 5.41) is 3.43. The lowest BCUT2D eigenvalue weighted by atomic mass is 10.1. The molecule has 0 amide bonds. The lowest BCUT2D eigenvalue weighted by Gasteiger charge is -2.10. The summed E-state index contributed by atoms with van der Waals surface area (Å²) in [6.45, 7) is 2.15. The molecule has 3 N–H and O–H groups in total. The number of rotatable bonds is 6. The maximum Gasteiger partial charge on any atom is 0.123 e. The first-order valence-electron chi connectivity index (χ1n) is 6.54. The molecule has 2 aromatic carbocycles. The molecule has 0 unspecified atom stereocenters. The molecular formula is C16H19BrN2O. The quantitative estimate of drug-likeness (QED) is 0.852. The lowest BCUT2D eigenvalue weighted by Crippen LogP contribution is -2.13. The summed E-state index contributed by atoms with van der Waals surface area (Å²) in [5.74, 6) is 0.899. The van der Waals surface area contributed by atoms with Crippen LogP contribution in [0.2, 0.25) is 0 Å². The van der Waals surface area contributed by atoms with E-state index >= 15 is 0 Å². The van der Waals surface area contributed by atoms with E-state index in [0.29, 0.717) is 6.54 Å². The molecule has 2 rings (SSSR count). The number of hydrogen-bond donors (Lipinski definition) is 2. The molecule has 2 aromatic rings. The van der Waals surface area contributed by atoms with Crippen molar-refractivity contribution in [2.45, 2.75) is 19.6 Å². The van der Waals surface area contributed by atoms with Crippen LogP contribution < -0.4 is 15.8 Å². The van der Waals surface area contributed by atoms with Crippen LogP contribution in [-0.4, -0.2) is 7.11 Å². The topological polar surface area (TPSA) is 47.3 Å². The maximum atomic E-state index is 5.65. The van der Waals surface area contributed by atoms with Crippen molar-refractivity contribution in [2.75, 3.05) is 7.11 Å². The first-order chi connectivity index (χ1) is 9.72. The van der Waals surface area contributed by atoms with E-state index in [-0.39, 0.29) is 0 Å². The zero-order valence-corrected chi connectivity index (χ0v) is 13.1. The molecule has 0 aliphatic heterocycles. The number of nitrogens with two attached hydrogens (primary N) is 1. The molecule has 106 valence electrons. The second-order valence-corrected chi connectivity index (χ2v) is 5.50. The number of benzene rings is 2. The highest BCUT2D eigenvalue weighted by atomic mass is 79.9. The second-order valence-electron chi connectivity index (χ2n) is 4.58. The van der Waals surface area contributed by atoms with E-state index in [0.717, 1.165) is 34.4 Å². The van der Waals surface area contributed by atoms with Gasteiger partial charge in [0.15, 0.2) is 0 Å². The van der Waals surface area contributed by atoms with Crippen LogP contribution in [0.5, 0.6) is 5.75 Å². The minimum Gasteiger partial charge on any atom is -0.496 e. The van der Waals surface area contributed by atoms with E-state index < -0.39 is 0 Å². The minimum atomic E-state index is 0.577. The van der Waals surface area contributed by atoms with Gasteiger partial charge < -0.3 is 15.8 Å². The largest absolute Gasteiger partial charge is 0.496 e. The molecule has 0 saturated heterocycles.